The lowest BCUT2D eigenvalue weighted by Gasteiger charge is -2.28. The smallest absolute Gasteiger partial charge is 0.127 e. The quantitative estimate of drug-likeness (QED) is 0.886. The summed E-state index contributed by atoms with van der Waals surface area (Å²) in [5.74, 6) is 0.148. The van der Waals surface area contributed by atoms with Crippen molar-refractivity contribution in [3.05, 3.63) is 35.1 Å². The van der Waals surface area contributed by atoms with Crippen LogP contribution in [0.3, 0.4) is 0 Å². The minimum absolute atomic E-state index is 0. The third-order valence-electron chi connectivity index (χ3n) is 3.28. The Morgan fingerprint density at radius 2 is 2.00 bits per heavy atom. The van der Waals surface area contributed by atoms with Gasteiger partial charge in [0.1, 0.15) is 5.82 Å². The Morgan fingerprint density at radius 3 is 2.65 bits per heavy atom. The maximum Gasteiger partial charge on any atom is 0.127 e. The van der Waals surface area contributed by atoms with Gasteiger partial charge >= 0.3 is 0 Å². The molecule has 0 radical (unpaired) electrons. The number of rotatable bonds is 2. The molecule has 0 amide bonds. The van der Waals surface area contributed by atoms with Gasteiger partial charge in [-0.15, -0.1) is 12.4 Å². The van der Waals surface area contributed by atoms with Crippen molar-refractivity contribution in [1.29, 1.82) is 0 Å². The molecule has 2 rings (SSSR count). The van der Waals surface area contributed by atoms with Crippen LogP contribution >= 0.6 is 12.4 Å². The molecule has 96 valence electrons. The number of hydrogen-bond acceptors (Lipinski definition) is 2. The first-order chi connectivity index (χ1) is 7.68. The summed E-state index contributed by atoms with van der Waals surface area (Å²) in [7, 11) is 0. The van der Waals surface area contributed by atoms with Gasteiger partial charge in [-0.2, -0.15) is 0 Å². The lowest BCUT2D eigenvalue weighted by atomic mass is 9.87. The zero-order valence-corrected chi connectivity index (χ0v) is 10.8. The maximum absolute atomic E-state index is 13.7. The Morgan fingerprint density at radius 1 is 1.35 bits per heavy atom. The second kappa shape index (κ2) is 6.34. The summed E-state index contributed by atoms with van der Waals surface area (Å²) in [5.41, 5.74) is 7.84. The molecule has 1 atom stereocenters. The Hall–Kier alpha value is -0.640. The van der Waals surface area contributed by atoms with Crippen LogP contribution in [-0.2, 0) is 4.74 Å². The van der Waals surface area contributed by atoms with Gasteiger partial charge in [0.05, 0.1) is 0 Å². The molecule has 1 aliphatic rings. The van der Waals surface area contributed by atoms with Crippen LogP contribution in [0.1, 0.15) is 30.0 Å². The lowest BCUT2D eigenvalue weighted by molar-refractivity contribution is 0.0580. The summed E-state index contributed by atoms with van der Waals surface area (Å²) in [4.78, 5) is 0. The molecule has 0 bridgehead atoms. The first-order valence-corrected chi connectivity index (χ1v) is 5.78. The average molecular weight is 260 g/mol. The van der Waals surface area contributed by atoms with Crippen molar-refractivity contribution >= 4 is 12.4 Å². The molecular formula is C13H19ClFNO. The second-order valence-electron chi connectivity index (χ2n) is 4.50. The van der Waals surface area contributed by atoms with Gasteiger partial charge in [0.15, 0.2) is 0 Å². The summed E-state index contributed by atoms with van der Waals surface area (Å²) < 4.78 is 19.0. The van der Waals surface area contributed by atoms with E-state index in [2.05, 4.69) is 0 Å². The van der Waals surface area contributed by atoms with Crippen LogP contribution in [0.25, 0.3) is 0 Å². The lowest BCUT2D eigenvalue weighted by Crippen LogP contribution is -2.28. The van der Waals surface area contributed by atoms with Crippen molar-refractivity contribution in [2.24, 2.45) is 11.7 Å². The molecular weight excluding hydrogens is 241 g/mol. The van der Waals surface area contributed by atoms with Crippen molar-refractivity contribution in [2.75, 3.05) is 13.2 Å². The van der Waals surface area contributed by atoms with Crippen molar-refractivity contribution in [3.8, 4) is 0 Å². The zero-order chi connectivity index (χ0) is 11.5. The van der Waals surface area contributed by atoms with Crippen LogP contribution in [0.5, 0.6) is 0 Å². The average Bonchev–Trinajstić information content (AvgIpc) is 2.32. The molecule has 0 aliphatic carbocycles. The number of ether oxygens (including phenoxy) is 1. The van der Waals surface area contributed by atoms with Gasteiger partial charge in [-0.25, -0.2) is 4.39 Å². The highest BCUT2D eigenvalue weighted by atomic mass is 35.5. The fourth-order valence-electron chi connectivity index (χ4n) is 2.25. The van der Waals surface area contributed by atoms with E-state index in [1.54, 1.807) is 6.07 Å². The molecule has 0 spiro atoms. The second-order valence-corrected chi connectivity index (χ2v) is 4.50. The molecule has 2 N–H and O–H groups in total. The van der Waals surface area contributed by atoms with Gasteiger partial charge in [0.25, 0.3) is 0 Å². The van der Waals surface area contributed by atoms with E-state index in [-0.39, 0.29) is 24.3 Å². The summed E-state index contributed by atoms with van der Waals surface area (Å²) in [5, 5.41) is 0. The highest BCUT2D eigenvalue weighted by Gasteiger charge is 2.24. The van der Waals surface area contributed by atoms with E-state index >= 15 is 0 Å². The number of halogens is 2. The van der Waals surface area contributed by atoms with E-state index < -0.39 is 0 Å². The fraction of sp³-hybridized carbons (Fsp3) is 0.538. The Balaban J connectivity index is 0.00000144. The Labute approximate surface area is 108 Å². The predicted molar refractivity (Wildman–Crippen MR) is 68.9 cm³/mol. The number of hydrogen-bond donors (Lipinski definition) is 1. The van der Waals surface area contributed by atoms with Crippen molar-refractivity contribution in [3.63, 3.8) is 0 Å². The molecule has 17 heavy (non-hydrogen) atoms. The third kappa shape index (κ3) is 3.41. The van der Waals surface area contributed by atoms with Gasteiger partial charge in [0.2, 0.25) is 0 Å². The summed E-state index contributed by atoms with van der Waals surface area (Å²) in [6.07, 6.45) is 1.85. The van der Waals surface area contributed by atoms with Crippen molar-refractivity contribution in [1.82, 2.24) is 0 Å². The summed E-state index contributed by atoms with van der Waals surface area (Å²) in [6, 6.07) is 4.93. The summed E-state index contributed by atoms with van der Waals surface area (Å²) in [6.45, 7) is 3.44. The molecule has 2 nitrogen and oxygen atoms in total. The summed E-state index contributed by atoms with van der Waals surface area (Å²) >= 11 is 0. The minimum atomic E-state index is -0.205. The van der Waals surface area contributed by atoms with Gasteiger partial charge < -0.3 is 10.5 Å². The predicted octanol–water partition coefficient (Wildman–Crippen LogP) is 2.98. The van der Waals surface area contributed by atoms with Crippen LogP contribution in [0, 0.1) is 18.7 Å². The van der Waals surface area contributed by atoms with Gasteiger partial charge in [0, 0.05) is 24.8 Å². The topological polar surface area (TPSA) is 35.2 Å². The minimum Gasteiger partial charge on any atom is -0.381 e. The van der Waals surface area contributed by atoms with Gasteiger partial charge in [-0.05, 0) is 31.7 Å². The third-order valence-corrected chi connectivity index (χ3v) is 3.28. The molecule has 1 heterocycles. The van der Waals surface area contributed by atoms with Gasteiger partial charge in [-0.1, -0.05) is 17.7 Å². The molecule has 4 heteroatoms. The molecule has 1 saturated heterocycles. The van der Waals surface area contributed by atoms with E-state index in [9.17, 15) is 4.39 Å². The molecule has 1 aromatic carbocycles. The SMILES string of the molecule is Cc1ccc(F)c([C@@H](N)C2CCOCC2)c1.Cl. The number of nitrogens with two attached hydrogens (primary N) is 1. The van der Waals surface area contributed by atoms with Crippen molar-refractivity contribution < 1.29 is 9.13 Å². The van der Waals surface area contributed by atoms with Crippen LogP contribution in [0.2, 0.25) is 0 Å². The first-order valence-electron chi connectivity index (χ1n) is 5.78. The normalized spacial score (nSPS) is 18.5. The standard InChI is InChI=1S/C13H18FNO.ClH/c1-9-2-3-12(14)11(8-9)13(15)10-4-6-16-7-5-10;/h2-3,8,10,13H,4-7,15H2,1H3;1H/t13-;/m0./s1. The van der Waals surface area contributed by atoms with E-state index in [0.717, 1.165) is 31.6 Å². The van der Waals surface area contributed by atoms with Gasteiger partial charge in [-0.3, -0.25) is 0 Å². The largest absolute Gasteiger partial charge is 0.381 e. The highest BCUT2D eigenvalue weighted by molar-refractivity contribution is 5.85. The zero-order valence-electron chi connectivity index (χ0n) is 9.99. The molecule has 1 aliphatic heterocycles. The van der Waals surface area contributed by atoms with Crippen LogP contribution in [0.15, 0.2) is 18.2 Å². The van der Waals surface area contributed by atoms with Crippen LogP contribution in [0.4, 0.5) is 4.39 Å². The fourth-order valence-corrected chi connectivity index (χ4v) is 2.25. The van der Waals surface area contributed by atoms with E-state index in [4.69, 9.17) is 10.5 Å². The van der Waals surface area contributed by atoms with E-state index in [0.29, 0.717) is 11.5 Å². The molecule has 0 aromatic heterocycles. The molecule has 0 saturated carbocycles. The maximum atomic E-state index is 13.7. The van der Waals surface area contributed by atoms with Crippen LogP contribution < -0.4 is 5.73 Å². The molecule has 1 fully saturated rings. The monoisotopic (exact) mass is 259 g/mol. The molecule has 0 unspecified atom stereocenters. The van der Waals surface area contributed by atoms with E-state index in [1.165, 1.54) is 6.07 Å². The first kappa shape index (κ1) is 14.4. The highest BCUT2D eigenvalue weighted by Crippen LogP contribution is 2.29. The number of benzene rings is 1. The Kier molecular flexibility index (Phi) is 5.37. The van der Waals surface area contributed by atoms with Crippen molar-refractivity contribution in [2.45, 2.75) is 25.8 Å². The van der Waals surface area contributed by atoms with Crippen LogP contribution in [-0.4, -0.2) is 13.2 Å². The molecule has 1 aromatic rings. The number of aryl methyl sites for hydroxylation is 1. The Bertz CT molecular complexity index is 366. The van der Waals surface area contributed by atoms with E-state index in [1.807, 2.05) is 13.0 Å².